The van der Waals surface area contributed by atoms with E-state index in [4.69, 9.17) is 25.7 Å². The number of ether oxygens (including phenoxy) is 3. The number of benzene rings is 1. The van der Waals surface area contributed by atoms with Gasteiger partial charge in [0.1, 0.15) is 17.2 Å². The van der Waals surface area contributed by atoms with E-state index >= 15 is 0 Å². The number of nitrogens with two attached hydrogens (primary N) is 2. The molecule has 0 aliphatic carbocycles. The fraction of sp³-hybridized carbons (Fsp3) is 0.350. The summed E-state index contributed by atoms with van der Waals surface area (Å²) in [6, 6.07) is 9.20. The third kappa shape index (κ3) is 7.55. The molecule has 0 radical (unpaired) electrons. The van der Waals surface area contributed by atoms with Gasteiger partial charge in [0.05, 0.1) is 12.1 Å². The second kappa shape index (κ2) is 10.9. The van der Waals surface area contributed by atoms with Crippen LogP contribution in [0, 0.1) is 0 Å². The van der Waals surface area contributed by atoms with Crippen molar-refractivity contribution in [3.63, 3.8) is 0 Å². The van der Waals surface area contributed by atoms with Crippen LogP contribution < -0.4 is 21.5 Å². The third-order valence-corrected chi connectivity index (χ3v) is 3.59. The molecule has 31 heavy (non-hydrogen) atoms. The minimum atomic E-state index is -0.915. The number of anilines is 2. The molecule has 1 amide bonds. The van der Waals surface area contributed by atoms with Crippen molar-refractivity contribution in [2.24, 2.45) is 16.0 Å². The standard InChI is InChI=1S/C20H26N6O5/c1-11(2)29-20(28)31-13(4)30-16-8-6-5-7-14(16)25-26-15-9-10-17(23-18(15)22)24-19(27)12(3)21/h5-13H,21H2,1-4H3,(H3,22,23,24,27)/t12-,13?/m0/s1. The van der Waals surface area contributed by atoms with E-state index in [1.165, 1.54) is 6.07 Å². The van der Waals surface area contributed by atoms with Crippen LogP contribution in [0.25, 0.3) is 0 Å². The minimum absolute atomic E-state index is 0.0674. The molecular weight excluding hydrogens is 404 g/mol. The van der Waals surface area contributed by atoms with Crippen molar-refractivity contribution >= 4 is 35.1 Å². The summed E-state index contributed by atoms with van der Waals surface area (Å²) in [5.74, 6) is 0.268. The minimum Gasteiger partial charge on any atom is -0.453 e. The van der Waals surface area contributed by atoms with Gasteiger partial charge in [0, 0.05) is 6.92 Å². The van der Waals surface area contributed by atoms with Gasteiger partial charge >= 0.3 is 6.16 Å². The summed E-state index contributed by atoms with van der Waals surface area (Å²) in [7, 11) is 0. The first-order valence-corrected chi connectivity index (χ1v) is 9.53. The maximum absolute atomic E-state index is 11.7. The zero-order valence-corrected chi connectivity index (χ0v) is 17.7. The Bertz CT molecular complexity index is 947. The molecule has 0 bridgehead atoms. The zero-order chi connectivity index (χ0) is 23.0. The summed E-state index contributed by atoms with van der Waals surface area (Å²) in [4.78, 5) is 27.3. The van der Waals surface area contributed by atoms with Crippen LogP contribution in [0.4, 0.5) is 27.8 Å². The van der Waals surface area contributed by atoms with E-state index in [0.29, 0.717) is 17.1 Å². The molecule has 0 spiro atoms. The number of para-hydroxylation sites is 1. The molecule has 0 aliphatic heterocycles. The van der Waals surface area contributed by atoms with Crippen LogP contribution in [0.1, 0.15) is 27.7 Å². The second-order valence-corrected chi connectivity index (χ2v) is 6.77. The Balaban J connectivity index is 2.09. The van der Waals surface area contributed by atoms with Crippen molar-refractivity contribution in [1.29, 1.82) is 0 Å². The van der Waals surface area contributed by atoms with Gasteiger partial charge in [-0.2, -0.15) is 0 Å². The lowest BCUT2D eigenvalue weighted by atomic mass is 10.3. The van der Waals surface area contributed by atoms with Crippen molar-refractivity contribution < 1.29 is 23.8 Å². The Morgan fingerprint density at radius 3 is 2.32 bits per heavy atom. The Morgan fingerprint density at radius 2 is 1.68 bits per heavy atom. The van der Waals surface area contributed by atoms with Gasteiger partial charge in [-0.05, 0) is 45.0 Å². The van der Waals surface area contributed by atoms with Crippen LogP contribution in [-0.2, 0) is 14.3 Å². The van der Waals surface area contributed by atoms with Gasteiger partial charge < -0.3 is 31.0 Å². The van der Waals surface area contributed by atoms with E-state index in [9.17, 15) is 9.59 Å². The van der Waals surface area contributed by atoms with Crippen LogP contribution in [0.5, 0.6) is 5.75 Å². The number of rotatable bonds is 8. The first kappa shape index (κ1) is 23.5. The van der Waals surface area contributed by atoms with Crippen molar-refractivity contribution in [3.05, 3.63) is 36.4 Å². The number of nitrogens with one attached hydrogen (secondary N) is 1. The predicted octanol–water partition coefficient (Wildman–Crippen LogP) is 3.65. The molecule has 1 heterocycles. The van der Waals surface area contributed by atoms with Gasteiger partial charge in [0.15, 0.2) is 11.6 Å². The van der Waals surface area contributed by atoms with Crippen molar-refractivity contribution in [2.75, 3.05) is 11.1 Å². The average Bonchev–Trinajstić information content (AvgIpc) is 2.67. The van der Waals surface area contributed by atoms with Crippen molar-refractivity contribution in [3.8, 4) is 5.75 Å². The van der Waals surface area contributed by atoms with Crippen LogP contribution in [0.15, 0.2) is 46.6 Å². The van der Waals surface area contributed by atoms with Crippen LogP contribution in [-0.4, -0.2) is 35.5 Å². The summed E-state index contributed by atoms with van der Waals surface area (Å²) in [6.45, 7) is 6.52. The molecule has 11 heteroatoms. The monoisotopic (exact) mass is 430 g/mol. The number of hydrogen-bond acceptors (Lipinski definition) is 10. The lowest BCUT2D eigenvalue weighted by Gasteiger charge is -2.16. The van der Waals surface area contributed by atoms with Gasteiger partial charge in [-0.3, -0.25) is 4.79 Å². The number of pyridine rings is 1. The lowest BCUT2D eigenvalue weighted by molar-refractivity contribution is -0.117. The van der Waals surface area contributed by atoms with E-state index < -0.39 is 18.5 Å². The molecular formula is C20H26N6O5. The molecule has 2 rings (SSSR count). The van der Waals surface area contributed by atoms with Crippen molar-refractivity contribution in [1.82, 2.24) is 4.98 Å². The van der Waals surface area contributed by atoms with Crippen molar-refractivity contribution in [2.45, 2.75) is 46.1 Å². The number of hydrogen-bond donors (Lipinski definition) is 3. The predicted molar refractivity (Wildman–Crippen MR) is 114 cm³/mol. The van der Waals surface area contributed by atoms with Crippen LogP contribution in [0.2, 0.25) is 0 Å². The normalized spacial score (nSPS) is 13.0. The number of carbonyl (C=O) groups is 2. The maximum atomic E-state index is 11.7. The smallest absolute Gasteiger partial charge is 0.453 e. The van der Waals surface area contributed by atoms with Gasteiger partial charge in [-0.15, -0.1) is 10.2 Å². The highest BCUT2D eigenvalue weighted by atomic mass is 16.8. The van der Waals surface area contributed by atoms with E-state index in [0.717, 1.165) is 0 Å². The molecule has 0 saturated heterocycles. The molecule has 2 atom stereocenters. The van der Waals surface area contributed by atoms with Gasteiger partial charge in [0.25, 0.3) is 0 Å². The van der Waals surface area contributed by atoms with E-state index in [-0.39, 0.29) is 23.6 Å². The molecule has 0 fully saturated rings. The molecule has 2 aromatic rings. The largest absolute Gasteiger partial charge is 0.511 e. The Labute approximate surface area is 179 Å². The first-order chi connectivity index (χ1) is 14.7. The topological polar surface area (TPSA) is 164 Å². The van der Waals surface area contributed by atoms with Gasteiger partial charge in [-0.25, -0.2) is 9.78 Å². The highest BCUT2D eigenvalue weighted by Gasteiger charge is 2.15. The number of nitrogen functional groups attached to an aromatic ring is 1. The molecule has 5 N–H and O–H groups in total. The summed E-state index contributed by atoms with van der Waals surface area (Å²) in [5.41, 5.74) is 12.1. The highest BCUT2D eigenvalue weighted by Crippen LogP contribution is 2.31. The molecule has 0 saturated carbocycles. The van der Waals surface area contributed by atoms with E-state index in [1.54, 1.807) is 58.0 Å². The SMILES string of the molecule is CC(C)OC(=O)OC(C)Oc1ccccc1N=Nc1ccc(NC(=O)[C@H](C)N)nc1N. The lowest BCUT2D eigenvalue weighted by Crippen LogP contribution is -2.32. The summed E-state index contributed by atoms with van der Waals surface area (Å²) < 4.78 is 15.6. The highest BCUT2D eigenvalue weighted by molar-refractivity contribution is 5.93. The molecule has 1 unspecified atom stereocenters. The Hall–Kier alpha value is -3.73. The molecule has 1 aromatic heterocycles. The number of amides is 1. The number of aromatic nitrogens is 1. The van der Waals surface area contributed by atoms with Gasteiger partial charge in [0.2, 0.25) is 12.2 Å². The first-order valence-electron chi connectivity index (χ1n) is 9.53. The average molecular weight is 430 g/mol. The molecule has 166 valence electrons. The summed E-state index contributed by atoms with van der Waals surface area (Å²) in [5, 5.41) is 10.8. The fourth-order valence-corrected chi connectivity index (χ4v) is 2.17. The molecule has 0 aliphatic rings. The molecule has 11 nitrogen and oxygen atoms in total. The Morgan fingerprint density at radius 1 is 1.00 bits per heavy atom. The quantitative estimate of drug-likeness (QED) is 0.324. The van der Waals surface area contributed by atoms with Gasteiger partial charge in [-0.1, -0.05) is 12.1 Å². The number of azo groups is 1. The maximum Gasteiger partial charge on any atom is 0.511 e. The summed E-state index contributed by atoms with van der Waals surface area (Å²) >= 11 is 0. The zero-order valence-electron chi connectivity index (χ0n) is 17.7. The number of nitrogens with zero attached hydrogens (tertiary/aromatic N) is 3. The Kier molecular flexibility index (Phi) is 8.26. The van der Waals surface area contributed by atoms with E-state index in [2.05, 4.69) is 20.5 Å². The third-order valence-electron chi connectivity index (χ3n) is 3.59. The van der Waals surface area contributed by atoms with Crippen LogP contribution >= 0.6 is 0 Å². The fourth-order valence-electron chi connectivity index (χ4n) is 2.17. The molecule has 1 aromatic carbocycles. The van der Waals surface area contributed by atoms with Crippen LogP contribution in [0.3, 0.4) is 0 Å². The van der Waals surface area contributed by atoms with E-state index in [1.807, 2.05) is 0 Å². The second-order valence-electron chi connectivity index (χ2n) is 6.77. The number of carbonyl (C=O) groups excluding carboxylic acids is 2. The summed E-state index contributed by atoms with van der Waals surface area (Å²) in [6.07, 6.45) is -2.06.